The van der Waals surface area contributed by atoms with Crippen molar-refractivity contribution in [3.63, 3.8) is 0 Å². The van der Waals surface area contributed by atoms with E-state index in [1.54, 1.807) is 0 Å². The van der Waals surface area contributed by atoms with Crippen LogP contribution in [0, 0.1) is 11.8 Å². The number of ether oxygens (including phenoxy) is 2. The third-order valence-corrected chi connectivity index (χ3v) is 4.05. The summed E-state index contributed by atoms with van der Waals surface area (Å²) in [6.07, 6.45) is 5.52. The fourth-order valence-corrected chi connectivity index (χ4v) is 2.52. The van der Waals surface area contributed by atoms with E-state index in [0.717, 1.165) is 25.0 Å². The van der Waals surface area contributed by atoms with Crippen LogP contribution in [0.1, 0.15) is 46.5 Å². The molecule has 2 fully saturated rings. The van der Waals surface area contributed by atoms with E-state index >= 15 is 0 Å². The van der Waals surface area contributed by atoms with Gasteiger partial charge in [0, 0.05) is 0 Å². The van der Waals surface area contributed by atoms with Gasteiger partial charge < -0.3 is 9.47 Å². The second-order valence-corrected chi connectivity index (χ2v) is 5.80. The standard InChI is InChI=1S/C13H24O2/c1-10(2)11-4-6-13(3,7-5-11)15-9-12-8-14-12/h10-12H,4-9H2,1-3H3. The van der Waals surface area contributed by atoms with Crippen LogP contribution in [-0.2, 0) is 9.47 Å². The molecule has 2 aliphatic rings. The molecular weight excluding hydrogens is 188 g/mol. The lowest BCUT2D eigenvalue weighted by Gasteiger charge is -2.38. The minimum Gasteiger partial charge on any atom is -0.373 e. The second-order valence-electron chi connectivity index (χ2n) is 5.80. The van der Waals surface area contributed by atoms with Crippen LogP contribution in [0.25, 0.3) is 0 Å². The molecule has 1 atom stereocenters. The molecule has 1 saturated heterocycles. The van der Waals surface area contributed by atoms with E-state index in [2.05, 4.69) is 20.8 Å². The molecule has 0 radical (unpaired) electrons. The van der Waals surface area contributed by atoms with Crippen LogP contribution in [0.5, 0.6) is 0 Å². The van der Waals surface area contributed by atoms with Crippen molar-refractivity contribution in [3.05, 3.63) is 0 Å². The fourth-order valence-electron chi connectivity index (χ4n) is 2.52. The van der Waals surface area contributed by atoms with Crippen LogP contribution in [0.3, 0.4) is 0 Å². The van der Waals surface area contributed by atoms with Crippen molar-refractivity contribution in [2.24, 2.45) is 11.8 Å². The van der Waals surface area contributed by atoms with E-state index in [4.69, 9.17) is 9.47 Å². The molecule has 1 saturated carbocycles. The van der Waals surface area contributed by atoms with Gasteiger partial charge in [0.25, 0.3) is 0 Å². The lowest BCUT2D eigenvalue weighted by molar-refractivity contribution is -0.0723. The molecule has 1 unspecified atom stereocenters. The molecule has 2 heteroatoms. The average molecular weight is 212 g/mol. The molecule has 2 nitrogen and oxygen atoms in total. The maximum atomic E-state index is 6.00. The molecule has 0 amide bonds. The van der Waals surface area contributed by atoms with E-state index in [-0.39, 0.29) is 5.60 Å². The van der Waals surface area contributed by atoms with E-state index in [9.17, 15) is 0 Å². The summed E-state index contributed by atoms with van der Waals surface area (Å²) in [4.78, 5) is 0. The maximum Gasteiger partial charge on any atom is 0.104 e. The molecule has 0 N–H and O–H groups in total. The first-order valence-electron chi connectivity index (χ1n) is 6.35. The van der Waals surface area contributed by atoms with Crippen molar-refractivity contribution in [1.29, 1.82) is 0 Å². The minimum atomic E-state index is 0.136. The van der Waals surface area contributed by atoms with Gasteiger partial charge in [0.2, 0.25) is 0 Å². The summed E-state index contributed by atoms with van der Waals surface area (Å²) in [6.45, 7) is 8.66. The van der Waals surface area contributed by atoms with Crippen molar-refractivity contribution in [3.8, 4) is 0 Å². The quantitative estimate of drug-likeness (QED) is 0.668. The van der Waals surface area contributed by atoms with Gasteiger partial charge in [-0.25, -0.2) is 0 Å². The van der Waals surface area contributed by atoms with E-state index in [1.807, 2.05) is 0 Å². The Kier molecular flexibility index (Phi) is 3.36. The third-order valence-electron chi connectivity index (χ3n) is 4.05. The highest BCUT2D eigenvalue weighted by molar-refractivity contribution is 4.85. The van der Waals surface area contributed by atoms with Gasteiger partial charge in [-0.1, -0.05) is 13.8 Å². The van der Waals surface area contributed by atoms with Gasteiger partial charge in [-0.3, -0.25) is 0 Å². The maximum absolute atomic E-state index is 6.00. The van der Waals surface area contributed by atoms with Gasteiger partial charge in [-0.2, -0.15) is 0 Å². The van der Waals surface area contributed by atoms with E-state index in [1.165, 1.54) is 25.7 Å². The van der Waals surface area contributed by atoms with Crippen molar-refractivity contribution in [2.45, 2.75) is 58.2 Å². The molecular formula is C13H24O2. The lowest BCUT2D eigenvalue weighted by atomic mass is 9.75. The number of hydrogen-bond donors (Lipinski definition) is 0. The first-order valence-corrected chi connectivity index (χ1v) is 6.35. The minimum absolute atomic E-state index is 0.136. The van der Waals surface area contributed by atoms with Crippen LogP contribution >= 0.6 is 0 Å². The van der Waals surface area contributed by atoms with E-state index < -0.39 is 0 Å². The Labute approximate surface area is 93.3 Å². The molecule has 88 valence electrons. The Morgan fingerprint density at radius 3 is 2.40 bits per heavy atom. The Bertz CT molecular complexity index is 201. The molecule has 1 heterocycles. The fraction of sp³-hybridized carbons (Fsp3) is 1.00. The summed E-state index contributed by atoms with van der Waals surface area (Å²) in [6, 6.07) is 0. The molecule has 0 bridgehead atoms. The Hall–Kier alpha value is -0.0800. The number of rotatable bonds is 4. The zero-order valence-corrected chi connectivity index (χ0v) is 10.3. The van der Waals surface area contributed by atoms with E-state index in [0.29, 0.717) is 6.10 Å². The third kappa shape index (κ3) is 3.18. The molecule has 1 aliphatic carbocycles. The number of hydrogen-bond acceptors (Lipinski definition) is 2. The normalized spacial score (nSPS) is 40.8. The molecule has 0 aromatic heterocycles. The highest BCUT2D eigenvalue weighted by atomic mass is 16.6. The van der Waals surface area contributed by atoms with Crippen LogP contribution in [0.2, 0.25) is 0 Å². The van der Waals surface area contributed by atoms with Crippen molar-refractivity contribution >= 4 is 0 Å². The zero-order valence-electron chi connectivity index (χ0n) is 10.3. The summed E-state index contributed by atoms with van der Waals surface area (Å²) >= 11 is 0. The molecule has 1 aliphatic heterocycles. The number of epoxide rings is 1. The first-order chi connectivity index (χ1) is 7.09. The summed E-state index contributed by atoms with van der Waals surface area (Å²) in [5, 5.41) is 0. The summed E-state index contributed by atoms with van der Waals surface area (Å²) in [7, 11) is 0. The lowest BCUT2D eigenvalue weighted by Crippen LogP contribution is -2.36. The van der Waals surface area contributed by atoms with Gasteiger partial charge in [-0.05, 0) is 44.4 Å². The van der Waals surface area contributed by atoms with Crippen molar-refractivity contribution in [2.75, 3.05) is 13.2 Å². The second kappa shape index (κ2) is 4.42. The Morgan fingerprint density at radius 2 is 1.93 bits per heavy atom. The van der Waals surface area contributed by atoms with Crippen molar-refractivity contribution in [1.82, 2.24) is 0 Å². The highest BCUT2D eigenvalue weighted by Crippen LogP contribution is 2.38. The van der Waals surface area contributed by atoms with Gasteiger partial charge in [0.05, 0.1) is 18.8 Å². The molecule has 15 heavy (non-hydrogen) atoms. The van der Waals surface area contributed by atoms with Gasteiger partial charge in [0.1, 0.15) is 6.10 Å². The topological polar surface area (TPSA) is 21.8 Å². The van der Waals surface area contributed by atoms with Gasteiger partial charge in [0.15, 0.2) is 0 Å². The predicted octanol–water partition coefficient (Wildman–Crippen LogP) is 3.01. The predicted molar refractivity (Wildman–Crippen MR) is 60.9 cm³/mol. The SMILES string of the molecule is CC(C)C1CCC(C)(OCC2CO2)CC1. The summed E-state index contributed by atoms with van der Waals surface area (Å²) in [5.74, 6) is 1.75. The largest absolute Gasteiger partial charge is 0.373 e. The average Bonchev–Trinajstić information content (AvgIpc) is 2.99. The van der Waals surface area contributed by atoms with Gasteiger partial charge >= 0.3 is 0 Å². The summed E-state index contributed by atoms with van der Waals surface area (Å²) < 4.78 is 11.2. The first kappa shape index (κ1) is 11.4. The Balaban J connectivity index is 1.74. The van der Waals surface area contributed by atoms with Crippen LogP contribution in [0.15, 0.2) is 0 Å². The van der Waals surface area contributed by atoms with Crippen LogP contribution < -0.4 is 0 Å². The zero-order chi connectivity index (χ0) is 10.9. The molecule has 0 spiro atoms. The monoisotopic (exact) mass is 212 g/mol. The summed E-state index contributed by atoms with van der Waals surface area (Å²) in [5.41, 5.74) is 0.136. The smallest absolute Gasteiger partial charge is 0.104 e. The highest BCUT2D eigenvalue weighted by Gasteiger charge is 2.35. The molecule has 0 aromatic rings. The Morgan fingerprint density at radius 1 is 1.33 bits per heavy atom. The molecule has 0 aromatic carbocycles. The molecule has 2 rings (SSSR count). The van der Waals surface area contributed by atoms with Crippen LogP contribution in [-0.4, -0.2) is 24.9 Å². The van der Waals surface area contributed by atoms with Gasteiger partial charge in [-0.15, -0.1) is 0 Å². The van der Waals surface area contributed by atoms with Crippen molar-refractivity contribution < 1.29 is 9.47 Å². The van der Waals surface area contributed by atoms with Crippen LogP contribution in [0.4, 0.5) is 0 Å².